The van der Waals surface area contributed by atoms with E-state index < -0.39 is 35.6 Å². The van der Waals surface area contributed by atoms with E-state index in [0.29, 0.717) is 22.1 Å². The molecule has 0 bridgehead atoms. The Hall–Kier alpha value is -3.70. The summed E-state index contributed by atoms with van der Waals surface area (Å²) in [6.07, 6.45) is 0. The van der Waals surface area contributed by atoms with E-state index in [1.54, 1.807) is 39.3 Å². The van der Waals surface area contributed by atoms with E-state index in [0.717, 1.165) is 20.8 Å². The smallest absolute Gasteiger partial charge is 0.258 e. The van der Waals surface area contributed by atoms with Gasteiger partial charge in [-0.1, -0.05) is 39.7 Å². The van der Waals surface area contributed by atoms with Crippen LogP contribution in [0.25, 0.3) is 10.8 Å². The first-order valence-electron chi connectivity index (χ1n) is 13.5. The maximum Gasteiger partial charge on any atom is 0.258 e. The Bertz CT molecular complexity index is 1720. The van der Waals surface area contributed by atoms with Gasteiger partial charge in [-0.25, -0.2) is 4.39 Å². The van der Waals surface area contributed by atoms with Crippen LogP contribution in [0.4, 0.5) is 15.8 Å². The summed E-state index contributed by atoms with van der Waals surface area (Å²) in [5, 5.41) is 7.84. The molecule has 0 fully saturated rings. The fourth-order valence-electron chi connectivity index (χ4n) is 5.12. The topological polar surface area (TPSA) is 91.0 Å². The second-order valence-electron chi connectivity index (χ2n) is 10.1. The van der Waals surface area contributed by atoms with Crippen molar-refractivity contribution < 1.29 is 23.5 Å². The number of hydrogen-bond donors (Lipinski definition) is 2. The first-order chi connectivity index (χ1) is 20.6. The van der Waals surface area contributed by atoms with Crippen LogP contribution in [0.5, 0.6) is 5.75 Å². The number of hydrogen-bond acceptors (Lipinski definition) is 5. The molecule has 4 aromatic rings. The highest BCUT2D eigenvalue weighted by atomic mass is 79.9. The Morgan fingerprint density at radius 1 is 1.07 bits per heavy atom. The van der Waals surface area contributed by atoms with Crippen molar-refractivity contribution in [2.24, 2.45) is 0 Å². The number of halogens is 4. The van der Waals surface area contributed by atoms with E-state index in [-0.39, 0.29) is 31.1 Å². The van der Waals surface area contributed by atoms with E-state index >= 15 is 0 Å². The highest BCUT2D eigenvalue weighted by Crippen LogP contribution is 2.40. The molecule has 0 radical (unpaired) electrons. The standard InChI is InChI=1S/C32H29BrClFN4O4.ClH/c1-18(36-2)30(40)37-26-17-39(31(41)19-7-10-21(35)11-8-19)28-15-20(34)9-13-27(28)38(32(26)42)16-24-22-5-4-6-25(33)23(22)12-14-29(24)43-3;/h4-15,18,26,36H,16-17H2,1-3H3,(H,37,40);1H. The van der Waals surface area contributed by atoms with Gasteiger partial charge in [0.05, 0.1) is 37.6 Å². The molecular weight excluding hydrogens is 674 g/mol. The lowest BCUT2D eigenvalue weighted by atomic mass is 10.0. The van der Waals surface area contributed by atoms with Gasteiger partial charge in [0.15, 0.2) is 0 Å². The molecule has 12 heteroatoms. The van der Waals surface area contributed by atoms with Crippen molar-refractivity contribution in [2.45, 2.75) is 25.6 Å². The summed E-state index contributed by atoms with van der Waals surface area (Å²) in [4.78, 5) is 44.3. The summed E-state index contributed by atoms with van der Waals surface area (Å²) in [6, 6.07) is 17.9. The van der Waals surface area contributed by atoms with Crippen LogP contribution >= 0.6 is 39.9 Å². The largest absolute Gasteiger partial charge is 0.496 e. The van der Waals surface area contributed by atoms with Gasteiger partial charge in [-0.15, -0.1) is 12.4 Å². The maximum absolute atomic E-state index is 14.4. The summed E-state index contributed by atoms with van der Waals surface area (Å²) < 4.78 is 20.3. The Labute approximate surface area is 274 Å². The van der Waals surface area contributed by atoms with Gasteiger partial charge in [-0.05, 0) is 85.4 Å². The Morgan fingerprint density at radius 3 is 2.48 bits per heavy atom. The number of methoxy groups -OCH3 is 1. The minimum absolute atomic E-state index is 0. The number of anilines is 2. The number of fused-ring (bicyclic) bond motifs is 2. The third-order valence-corrected chi connectivity index (χ3v) is 8.47. The van der Waals surface area contributed by atoms with Crippen LogP contribution in [0.15, 0.2) is 77.3 Å². The van der Waals surface area contributed by atoms with Gasteiger partial charge < -0.3 is 25.2 Å². The van der Waals surface area contributed by atoms with E-state index in [1.807, 2.05) is 30.3 Å². The predicted octanol–water partition coefficient (Wildman–Crippen LogP) is 6.11. The molecule has 2 unspecified atom stereocenters. The Balaban J connectivity index is 0.00000442. The van der Waals surface area contributed by atoms with Crippen LogP contribution in [0, 0.1) is 5.82 Å². The van der Waals surface area contributed by atoms with Gasteiger partial charge in [0.1, 0.15) is 17.6 Å². The summed E-state index contributed by atoms with van der Waals surface area (Å²) in [5.74, 6) is -1.24. The molecule has 1 aliphatic rings. The quantitative estimate of drug-likeness (QED) is 0.243. The van der Waals surface area contributed by atoms with Gasteiger partial charge in [-0.2, -0.15) is 0 Å². The molecule has 44 heavy (non-hydrogen) atoms. The number of carbonyl (C=O) groups excluding carboxylic acids is 3. The molecule has 8 nitrogen and oxygen atoms in total. The third kappa shape index (κ3) is 6.53. The number of nitrogens with one attached hydrogen (secondary N) is 2. The lowest BCUT2D eigenvalue weighted by Gasteiger charge is -2.27. The molecular formula is C32H30BrCl2FN4O4. The lowest BCUT2D eigenvalue weighted by molar-refractivity contribution is -0.128. The molecule has 230 valence electrons. The summed E-state index contributed by atoms with van der Waals surface area (Å²) >= 11 is 10.1. The molecule has 3 amide bonds. The van der Waals surface area contributed by atoms with Crippen LogP contribution in [0.2, 0.25) is 5.02 Å². The molecule has 4 aromatic carbocycles. The summed E-state index contributed by atoms with van der Waals surface area (Å²) in [6.45, 7) is 1.55. The van der Waals surface area contributed by atoms with Gasteiger partial charge in [0, 0.05) is 20.6 Å². The van der Waals surface area contributed by atoms with Crippen molar-refractivity contribution in [2.75, 3.05) is 30.5 Å². The van der Waals surface area contributed by atoms with Crippen molar-refractivity contribution >= 4 is 79.8 Å². The van der Waals surface area contributed by atoms with E-state index in [9.17, 15) is 18.8 Å². The zero-order valence-electron chi connectivity index (χ0n) is 24.1. The van der Waals surface area contributed by atoms with Crippen LogP contribution in [-0.4, -0.2) is 50.5 Å². The van der Waals surface area contributed by atoms with Crippen molar-refractivity contribution in [1.29, 1.82) is 0 Å². The summed E-state index contributed by atoms with van der Waals surface area (Å²) in [5.41, 5.74) is 1.73. The molecule has 0 aliphatic carbocycles. The van der Waals surface area contributed by atoms with Crippen LogP contribution in [0.3, 0.4) is 0 Å². The molecule has 2 atom stereocenters. The number of carbonyl (C=O) groups is 3. The third-order valence-electron chi connectivity index (χ3n) is 7.54. The van der Waals surface area contributed by atoms with E-state index in [4.69, 9.17) is 16.3 Å². The second kappa shape index (κ2) is 13.9. The number of likely N-dealkylation sites (N-methyl/N-ethyl adjacent to an activating group) is 1. The minimum Gasteiger partial charge on any atom is -0.496 e. The number of benzene rings is 4. The van der Waals surface area contributed by atoms with Gasteiger partial charge in [0.2, 0.25) is 5.91 Å². The average Bonchev–Trinajstić information content (AvgIpc) is 3.11. The number of rotatable bonds is 7. The monoisotopic (exact) mass is 702 g/mol. The average molecular weight is 704 g/mol. The fraction of sp³-hybridized carbons (Fsp3) is 0.219. The zero-order valence-corrected chi connectivity index (χ0v) is 27.2. The summed E-state index contributed by atoms with van der Waals surface area (Å²) in [7, 11) is 3.20. The molecule has 1 heterocycles. The van der Waals surface area contributed by atoms with Gasteiger partial charge in [-0.3, -0.25) is 14.4 Å². The second-order valence-corrected chi connectivity index (χ2v) is 11.4. The van der Waals surface area contributed by atoms with Crippen LogP contribution in [-0.2, 0) is 16.1 Å². The van der Waals surface area contributed by atoms with E-state index in [1.165, 1.54) is 34.1 Å². The van der Waals surface area contributed by atoms with E-state index in [2.05, 4.69) is 26.6 Å². The molecule has 0 saturated carbocycles. The molecule has 0 aromatic heterocycles. The fourth-order valence-corrected chi connectivity index (χ4v) is 5.78. The highest BCUT2D eigenvalue weighted by Gasteiger charge is 2.38. The molecule has 0 spiro atoms. The Morgan fingerprint density at radius 2 is 1.80 bits per heavy atom. The molecule has 5 rings (SSSR count). The first kappa shape index (κ1) is 33.2. The molecule has 2 N–H and O–H groups in total. The first-order valence-corrected chi connectivity index (χ1v) is 14.7. The predicted molar refractivity (Wildman–Crippen MR) is 177 cm³/mol. The molecule has 1 aliphatic heterocycles. The lowest BCUT2D eigenvalue weighted by Crippen LogP contribution is -2.55. The molecule has 0 saturated heterocycles. The van der Waals surface area contributed by atoms with Crippen molar-refractivity contribution in [3.63, 3.8) is 0 Å². The number of ether oxygens (including phenoxy) is 1. The Kier molecular flexibility index (Phi) is 10.5. The van der Waals surface area contributed by atoms with Crippen LogP contribution < -0.4 is 25.2 Å². The van der Waals surface area contributed by atoms with Crippen LogP contribution in [0.1, 0.15) is 22.8 Å². The number of nitrogens with zero attached hydrogens (tertiary/aromatic N) is 2. The van der Waals surface area contributed by atoms with Gasteiger partial charge in [0.25, 0.3) is 11.8 Å². The normalized spacial score (nSPS) is 15.2. The van der Waals surface area contributed by atoms with Crippen molar-refractivity contribution in [3.8, 4) is 5.75 Å². The van der Waals surface area contributed by atoms with Crippen molar-refractivity contribution in [3.05, 3.63) is 99.2 Å². The number of amides is 3. The van der Waals surface area contributed by atoms with Crippen molar-refractivity contribution in [1.82, 2.24) is 10.6 Å². The SMILES string of the molecule is CNC(C)C(=O)NC1CN(C(=O)c2ccc(F)cc2)c2cc(Cl)ccc2N(Cc2c(OC)ccc3c(Br)cccc23)C1=O.Cl. The maximum atomic E-state index is 14.4. The zero-order chi connectivity index (χ0) is 30.8. The van der Waals surface area contributed by atoms with Gasteiger partial charge >= 0.3 is 0 Å². The highest BCUT2D eigenvalue weighted by molar-refractivity contribution is 9.10. The minimum atomic E-state index is -1.12.